The van der Waals surface area contributed by atoms with Gasteiger partial charge in [-0.15, -0.1) is 0 Å². The Morgan fingerprint density at radius 2 is 1.50 bits per heavy atom. The summed E-state index contributed by atoms with van der Waals surface area (Å²) in [6.07, 6.45) is 13.9. The lowest BCUT2D eigenvalue weighted by Crippen LogP contribution is -1.74. The van der Waals surface area contributed by atoms with E-state index in [0.29, 0.717) is 0 Å². The van der Waals surface area contributed by atoms with Crippen LogP contribution in [0.25, 0.3) is 0 Å². The van der Waals surface area contributed by atoms with Crippen LogP contribution in [0.2, 0.25) is 0 Å². The Kier molecular flexibility index (Phi) is 11.4. The summed E-state index contributed by atoms with van der Waals surface area (Å²) in [4.78, 5) is 0. The van der Waals surface area contributed by atoms with Crippen LogP contribution in [-0.4, -0.2) is 5.33 Å². The zero-order chi connectivity index (χ0) is 9.07. The van der Waals surface area contributed by atoms with E-state index in [9.17, 15) is 0 Å². The number of hydrogen-bond donors (Lipinski definition) is 0. The molecule has 0 aliphatic rings. The van der Waals surface area contributed by atoms with Crippen LogP contribution < -0.4 is 0 Å². The Hall–Kier alpha value is 0.220. The summed E-state index contributed by atoms with van der Waals surface area (Å²) < 4.78 is 0. The highest BCUT2D eigenvalue weighted by Crippen LogP contribution is 2.03. The van der Waals surface area contributed by atoms with Crippen molar-refractivity contribution in [3.8, 4) is 0 Å². The highest BCUT2D eigenvalue weighted by atomic mass is 79.9. The molecule has 1 heteroatoms. The van der Waals surface area contributed by atoms with Crippen molar-refractivity contribution in [1.29, 1.82) is 0 Å². The first kappa shape index (κ1) is 12.2. The van der Waals surface area contributed by atoms with Crippen molar-refractivity contribution in [3.63, 3.8) is 0 Å². The minimum absolute atomic E-state index is 1.15. The van der Waals surface area contributed by atoms with Gasteiger partial charge in [-0.3, -0.25) is 0 Å². The molecule has 0 aromatic carbocycles. The van der Waals surface area contributed by atoms with Crippen molar-refractivity contribution >= 4 is 15.9 Å². The van der Waals surface area contributed by atoms with Gasteiger partial charge in [0, 0.05) is 5.33 Å². The van der Waals surface area contributed by atoms with E-state index in [2.05, 4.69) is 35.0 Å². The molecule has 0 fully saturated rings. The van der Waals surface area contributed by atoms with Crippen LogP contribution in [0, 0.1) is 0 Å². The second-order valence-electron chi connectivity index (χ2n) is 3.15. The molecule has 0 spiro atoms. The van der Waals surface area contributed by atoms with Gasteiger partial charge in [-0.05, 0) is 32.1 Å². The maximum atomic E-state index is 3.43. The largest absolute Gasteiger partial charge is 0.0928 e. The van der Waals surface area contributed by atoms with Crippen LogP contribution >= 0.6 is 15.9 Å². The third-order valence-electron chi connectivity index (χ3n) is 1.90. The van der Waals surface area contributed by atoms with Gasteiger partial charge in [0.25, 0.3) is 0 Å². The van der Waals surface area contributed by atoms with E-state index >= 15 is 0 Å². The molecule has 0 amide bonds. The molecule has 0 saturated carbocycles. The minimum atomic E-state index is 1.15. The maximum Gasteiger partial charge on any atom is 0.00314 e. The summed E-state index contributed by atoms with van der Waals surface area (Å²) in [6, 6.07) is 0. The first-order valence-corrected chi connectivity index (χ1v) is 6.25. The Bertz CT molecular complexity index is 85.2. The predicted molar refractivity (Wildman–Crippen MR) is 60.9 cm³/mol. The third-order valence-corrected chi connectivity index (χ3v) is 2.46. The summed E-state index contributed by atoms with van der Waals surface area (Å²) in [6.45, 7) is 2.25. The smallest absolute Gasteiger partial charge is 0.00314 e. The molecule has 0 aromatic heterocycles. The van der Waals surface area contributed by atoms with Crippen molar-refractivity contribution in [2.24, 2.45) is 0 Å². The molecule has 0 saturated heterocycles. The summed E-state index contributed by atoms with van der Waals surface area (Å²) in [7, 11) is 0. The van der Waals surface area contributed by atoms with Crippen LogP contribution in [0.1, 0.15) is 51.9 Å². The Balaban J connectivity index is 2.93. The Labute approximate surface area is 85.6 Å². The molecule has 0 heterocycles. The second kappa shape index (κ2) is 11.2. The molecule has 0 aliphatic heterocycles. The SMILES string of the molecule is CCCCC/C=C/CCCCBr. The molecule has 0 radical (unpaired) electrons. The van der Waals surface area contributed by atoms with Crippen molar-refractivity contribution in [1.82, 2.24) is 0 Å². The fourth-order valence-electron chi connectivity index (χ4n) is 1.10. The first-order chi connectivity index (χ1) is 5.91. The lowest BCUT2D eigenvalue weighted by Gasteiger charge is -1.92. The summed E-state index contributed by atoms with van der Waals surface area (Å²) in [5.74, 6) is 0. The van der Waals surface area contributed by atoms with Gasteiger partial charge in [0.15, 0.2) is 0 Å². The number of allylic oxidation sites excluding steroid dienone is 2. The van der Waals surface area contributed by atoms with Crippen LogP contribution in [-0.2, 0) is 0 Å². The summed E-state index contributed by atoms with van der Waals surface area (Å²) in [5, 5.41) is 1.15. The first-order valence-electron chi connectivity index (χ1n) is 5.12. The molecule has 0 unspecified atom stereocenters. The lowest BCUT2D eigenvalue weighted by molar-refractivity contribution is 0.726. The molecule has 0 atom stereocenters. The van der Waals surface area contributed by atoms with Crippen molar-refractivity contribution in [2.45, 2.75) is 51.9 Å². The second-order valence-corrected chi connectivity index (χ2v) is 3.94. The molecule has 0 N–H and O–H groups in total. The molecular formula is C11H21Br. The number of hydrogen-bond acceptors (Lipinski definition) is 0. The normalized spacial score (nSPS) is 11.2. The van der Waals surface area contributed by atoms with Gasteiger partial charge >= 0.3 is 0 Å². The molecule has 72 valence electrons. The van der Waals surface area contributed by atoms with Crippen LogP contribution in [0.4, 0.5) is 0 Å². The van der Waals surface area contributed by atoms with Crippen molar-refractivity contribution < 1.29 is 0 Å². The van der Waals surface area contributed by atoms with Gasteiger partial charge in [0.1, 0.15) is 0 Å². The number of unbranched alkanes of at least 4 members (excludes halogenated alkanes) is 5. The van der Waals surface area contributed by atoms with E-state index in [-0.39, 0.29) is 0 Å². The molecular weight excluding hydrogens is 212 g/mol. The van der Waals surface area contributed by atoms with E-state index in [0.717, 1.165) is 5.33 Å². The van der Waals surface area contributed by atoms with Crippen LogP contribution in [0.3, 0.4) is 0 Å². The molecule has 0 aromatic rings. The van der Waals surface area contributed by atoms with E-state index in [4.69, 9.17) is 0 Å². The van der Waals surface area contributed by atoms with E-state index in [1.165, 1.54) is 44.9 Å². The van der Waals surface area contributed by atoms with E-state index in [1.807, 2.05) is 0 Å². The van der Waals surface area contributed by atoms with Crippen molar-refractivity contribution in [3.05, 3.63) is 12.2 Å². The maximum absolute atomic E-state index is 3.43. The van der Waals surface area contributed by atoms with Crippen LogP contribution in [0.5, 0.6) is 0 Å². The third kappa shape index (κ3) is 10.2. The zero-order valence-electron chi connectivity index (χ0n) is 8.19. The fourth-order valence-corrected chi connectivity index (χ4v) is 1.50. The predicted octanol–water partition coefficient (Wildman–Crippen LogP) is 4.69. The average Bonchev–Trinajstić information content (AvgIpc) is 2.10. The molecule has 12 heavy (non-hydrogen) atoms. The Morgan fingerprint density at radius 1 is 0.917 bits per heavy atom. The minimum Gasteiger partial charge on any atom is -0.0928 e. The number of alkyl halides is 1. The van der Waals surface area contributed by atoms with Gasteiger partial charge in [-0.1, -0.05) is 47.8 Å². The highest BCUT2D eigenvalue weighted by Gasteiger charge is 1.83. The van der Waals surface area contributed by atoms with E-state index < -0.39 is 0 Å². The molecule has 0 bridgehead atoms. The van der Waals surface area contributed by atoms with Crippen LogP contribution in [0.15, 0.2) is 12.2 Å². The van der Waals surface area contributed by atoms with Gasteiger partial charge in [-0.25, -0.2) is 0 Å². The zero-order valence-corrected chi connectivity index (χ0v) is 9.78. The van der Waals surface area contributed by atoms with Gasteiger partial charge in [0.05, 0.1) is 0 Å². The van der Waals surface area contributed by atoms with E-state index in [1.54, 1.807) is 0 Å². The lowest BCUT2D eigenvalue weighted by atomic mass is 10.2. The molecule has 0 rings (SSSR count). The van der Waals surface area contributed by atoms with Gasteiger partial charge in [0.2, 0.25) is 0 Å². The quantitative estimate of drug-likeness (QED) is 0.324. The molecule has 0 nitrogen and oxygen atoms in total. The topological polar surface area (TPSA) is 0 Å². The van der Waals surface area contributed by atoms with Crippen molar-refractivity contribution in [2.75, 3.05) is 5.33 Å². The average molecular weight is 233 g/mol. The monoisotopic (exact) mass is 232 g/mol. The standard InChI is InChI=1S/C11H21Br/c1-2-3-4-5-6-7-8-9-10-11-12/h6-7H,2-5,8-11H2,1H3/b7-6+. The molecule has 0 aliphatic carbocycles. The number of halogens is 1. The van der Waals surface area contributed by atoms with Gasteiger partial charge < -0.3 is 0 Å². The fraction of sp³-hybridized carbons (Fsp3) is 0.818. The summed E-state index contributed by atoms with van der Waals surface area (Å²) >= 11 is 3.43. The highest BCUT2D eigenvalue weighted by molar-refractivity contribution is 9.09. The summed E-state index contributed by atoms with van der Waals surface area (Å²) in [5.41, 5.74) is 0. The number of rotatable bonds is 8. The van der Waals surface area contributed by atoms with Gasteiger partial charge in [-0.2, -0.15) is 0 Å². The Morgan fingerprint density at radius 3 is 2.00 bits per heavy atom.